The first-order valence-electron chi connectivity index (χ1n) is 7.03. The molecule has 0 aliphatic rings. The number of halogens is 1. The summed E-state index contributed by atoms with van der Waals surface area (Å²) in [5.74, 6) is 0.251. The third-order valence-electron chi connectivity index (χ3n) is 2.97. The maximum Gasteiger partial charge on any atom is 0.246 e. The lowest BCUT2D eigenvalue weighted by molar-refractivity contribution is -0.131. The van der Waals surface area contributed by atoms with Crippen molar-refractivity contribution >= 4 is 23.4 Å². The van der Waals surface area contributed by atoms with Crippen molar-refractivity contribution in [3.63, 3.8) is 0 Å². The van der Waals surface area contributed by atoms with Crippen LogP contribution in [-0.2, 0) is 16.0 Å². The fourth-order valence-electron chi connectivity index (χ4n) is 1.88. The van der Waals surface area contributed by atoms with Gasteiger partial charge in [0.1, 0.15) is 5.75 Å². The van der Waals surface area contributed by atoms with Crippen molar-refractivity contribution in [1.29, 1.82) is 0 Å². The van der Waals surface area contributed by atoms with Crippen LogP contribution in [0.25, 0.3) is 0 Å². The smallest absolute Gasteiger partial charge is 0.246 e. The van der Waals surface area contributed by atoms with Gasteiger partial charge >= 0.3 is 0 Å². The number of nitrogens with one attached hydrogen (secondary N) is 1. The largest absolute Gasteiger partial charge is 0.494 e. The van der Waals surface area contributed by atoms with Gasteiger partial charge < -0.3 is 15.0 Å². The standard InChI is InChI=1S/C16H21ClN2O3/c1-4-16(21)19(3)11-15(20)18-9-8-12-10-13(17)6-7-14(12)22-5-2/h4,6-7,10H,1,5,8-9,11H2,2-3H3,(H,18,20). The first-order chi connectivity index (χ1) is 10.5. The second-order valence-electron chi connectivity index (χ2n) is 4.68. The maximum absolute atomic E-state index is 11.7. The van der Waals surface area contributed by atoms with E-state index in [-0.39, 0.29) is 18.4 Å². The average molecular weight is 325 g/mol. The Hall–Kier alpha value is -2.01. The minimum atomic E-state index is -0.288. The molecule has 0 aliphatic carbocycles. The number of carbonyl (C=O) groups excluding carboxylic acids is 2. The van der Waals surface area contributed by atoms with E-state index >= 15 is 0 Å². The van der Waals surface area contributed by atoms with Gasteiger partial charge in [-0.05, 0) is 43.2 Å². The van der Waals surface area contributed by atoms with Crippen molar-refractivity contribution in [2.75, 3.05) is 26.7 Å². The molecule has 1 aromatic rings. The third-order valence-corrected chi connectivity index (χ3v) is 3.21. The SMILES string of the molecule is C=CC(=O)N(C)CC(=O)NCCc1cc(Cl)ccc1OCC. The lowest BCUT2D eigenvalue weighted by Crippen LogP contribution is -2.38. The van der Waals surface area contributed by atoms with Crippen molar-refractivity contribution in [2.24, 2.45) is 0 Å². The van der Waals surface area contributed by atoms with Crippen molar-refractivity contribution in [2.45, 2.75) is 13.3 Å². The number of carbonyl (C=O) groups is 2. The topological polar surface area (TPSA) is 58.6 Å². The van der Waals surface area contributed by atoms with E-state index < -0.39 is 0 Å². The molecule has 1 N–H and O–H groups in total. The van der Waals surface area contributed by atoms with Crippen LogP contribution in [0.2, 0.25) is 5.02 Å². The molecule has 0 heterocycles. The molecule has 0 bridgehead atoms. The summed E-state index contributed by atoms with van der Waals surface area (Å²) in [7, 11) is 1.55. The Morgan fingerprint density at radius 1 is 1.45 bits per heavy atom. The average Bonchev–Trinajstić information content (AvgIpc) is 2.49. The molecule has 22 heavy (non-hydrogen) atoms. The van der Waals surface area contributed by atoms with Crippen LogP contribution in [0, 0.1) is 0 Å². The van der Waals surface area contributed by atoms with E-state index in [0.29, 0.717) is 24.6 Å². The zero-order valence-corrected chi connectivity index (χ0v) is 13.7. The fourth-order valence-corrected chi connectivity index (χ4v) is 2.08. The highest BCUT2D eigenvalue weighted by Gasteiger charge is 2.10. The van der Waals surface area contributed by atoms with Gasteiger partial charge in [-0.15, -0.1) is 0 Å². The van der Waals surface area contributed by atoms with Crippen LogP contribution >= 0.6 is 11.6 Å². The number of likely N-dealkylation sites (N-methyl/N-ethyl adjacent to an activating group) is 1. The summed E-state index contributed by atoms with van der Waals surface area (Å²) in [5.41, 5.74) is 0.935. The summed E-state index contributed by atoms with van der Waals surface area (Å²) in [6.07, 6.45) is 1.77. The Morgan fingerprint density at radius 3 is 2.82 bits per heavy atom. The van der Waals surface area contributed by atoms with Crippen molar-refractivity contribution < 1.29 is 14.3 Å². The van der Waals surface area contributed by atoms with Crippen LogP contribution in [0.3, 0.4) is 0 Å². The summed E-state index contributed by atoms with van der Waals surface area (Å²) < 4.78 is 5.52. The van der Waals surface area contributed by atoms with E-state index in [2.05, 4.69) is 11.9 Å². The molecule has 0 fully saturated rings. The van der Waals surface area contributed by atoms with Crippen molar-refractivity contribution in [3.8, 4) is 5.75 Å². The van der Waals surface area contributed by atoms with E-state index in [0.717, 1.165) is 11.3 Å². The van der Waals surface area contributed by atoms with Gasteiger partial charge in [0.2, 0.25) is 11.8 Å². The number of benzene rings is 1. The molecule has 0 spiro atoms. The normalized spacial score (nSPS) is 9.95. The summed E-state index contributed by atoms with van der Waals surface area (Å²) in [6, 6.07) is 5.41. The Kier molecular flexibility index (Phi) is 7.46. The predicted molar refractivity (Wildman–Crippen MR) is 87.2 cm³/mol. The van der Waals surface area contributed by atoms with Crippen molar-refractivity contribution in [3.05, 3.63) is 41.4 Å². The number of nitrogens with zero attached hydrogens (tertiary/aromatic N) is 1. The van der Waals surface area contributed by atoms with E-state index in [9.17, 15) is 9.59 Å². The Labute approximate surface area is 135 Å². The van der Waals surface area contributed by atoms with Crippen LogP contribution in [0.15, 0.2) is 30.9 Å². The highest BCUT2D eigenvalue weighted by molar-refractivity contribution is 6.30. The lowest BCUT2D eigenvalue weighted by Gasteiger charge is -2.15. The molecule has 0 aliphatic heterocycles. The van der Waals surface area contributed by atoms with Gasteiger partial charge in [0, 0.05) is 18.6 Å². The van der Waals surface area contributed by atoms with Crippen LogP contribution in [-0.4, -0.2) is 43.5 Å². The molecule has 0 aromatic heterocycles. The molecule has 5 nitrogen and oxygen atoms in total. The lowest BCUT2D eigenvalue weighted by atomic mass is 10.1. The molecule has 0 atom stereocenters. The van der Waals surface area contributed by atoms with E-state index in [1.54, 1.807) is 13.1 Å². The van der Waals surface area contributed by atoms with Gasteiger partial charge in [-0.1, -0.05) is 18.2 Å². The van der Waals surface area contributed by atoms with Crippen LogP contribution < -0.4 is 10.1 Å². The van der Waals surface area contributed by atoms with Gasteiger partial charge in [0.15, 0.2) is 0 Å². The quantitative estimate of drug-likeness (QED) is 0.744. The number of hydrogen-bond donors (Lipinski definition) is 1. The summed E-state index contributed by atoms with van der Waals surface area (Å²) >= 11 is 5.98. The summed E-state index contributed by atoms with van der Waals surface area (Å²) in [6.45, 7) is 6.29. The molecule has 2 amide bonds. The van der Waals surface area contributed by atoms with Gasteiger partial charge in [0.05, 0.1) is 13.2 Å². The zero-order chi connectivity index (χ0) is 16.5. The van der Waals surface area contributed by atoms with Crippen LogP contribution in [0.5, 0.6) is 5.75 Å². The monoisotopic (exact) mass is 324 g/mol. The second kappa shape index (κ2) is 9.10. The first kappa shape index (κ1) is 18.0. The van der Waals surface area contributed by atoms with E-state index in [1.807, 2.05) is 19.1 Å². The summed E-state index contributed by atoms with van der Waals surface area (Å²) in [5, 5.41) is 3.39. The molecule has 1 aromatic carbocycles. The summed E-state index contributed by atoms with van der Waals surface area (Å²) in [4.78, 5) is 24.3. The van der Waals surface area contributed by atoms with Gasteiger partial charge in [-0.3, -0.25) is 9.59 Å². The van der Waals surface area contributed by atoms with Gasteiger partial charge in [0.25, 0.3) is 0 Å². The van der Waals surface area contributed by atoms with E-state index in [1.165, 1.54) is 11.0 Å². The molecular formula is C16H21ClN2O3. The van der Waals surface area contributed by atoms with Crippen molar-refractivity contribution in [1.82, 2.24) is 10.2 Å². The minimum Gasteiger partial charge on any atom is -0.494 e. The molecule has 0 unspecified atom stereocenters. The second-order valence-corrected chi connectivity index (χ2v) is 5.12. The predicted octanol–water partition coefficient (Wildman–Crippen LogP) is 2.04. The highest BCUT2D eigenvalue weighted by Crippen LogP contribution is 2.23. The van der Waals surface area contributed by atoms with E-state index in [4.69, 9.17) is 16.3 Å². The number of ether oxygens (including phenoxy) is 1. The van der Waals surface area contributed by atoms with Gasteiger partial charge in [-0.25, -0.2) is 0 Å². The number of hydrogen-bond acceptors (Lipinski definition) is 3. The molecule has 120 valence electrons. The fraction of sp³-hybridized carbons (Fsp3) is 0.375. The number of rotatable bonds is 8. The Morgan fingerprint density at radius 2 is 2.18 bits per heavy atom. The Bertz CT molecular complexity index is 546. The Balaban J connectivity index is 2.50. The number of amides is 2. The zero-order valence-electron chi connectivity index (χ0n) is 12.9. The highest BCUT2D eigenvalue weighted by atomic mass is 35.5. The molecule has 0 radical (unpaired) electrons. The molecule has 0 saturated heterocycles. The molecule has 0 saturated carbocycles. The maximum atomic E-state index is 11.7. The molecular weight excluding hydrogens is 304 g/mol. The first-order valence-corrected chi connectivity index (χ1v) is 7.41. The third kappa shape index (κ3) is 5.77. The van der Waals surface area contributed by atoms with Gasteiger partial charge in [-0.2, -0.15) is 0 Å². The molecule has 1 rings (SSSR count). The molecule has 6 heteroatoms. The minimum absolute atomic E-state index is 0.00127. The van der Waals surface area contributed by atoms with Crippen LogP contribution in [0.1, 0.15) is 12.5 Å². The van der Waals surface area contributed by atoms with Crippen LogP contribution in [0.4, 0.5) is 0 Å².